The summed E-state index contributed by atoms with van der Waals surface area (Å²) in [5.41, 5.74) is 1.23. The summed E-state index contributed by atoms with van der Waals surface area (Å²) in [5.74, 6) is 0.902. The van der Waals surface area contributed by atoms with Gasteiger partial charge >= 0.3 is 0 Å². The fraction of sp³-hybridized carbons (Fsp3) is 0.333. The molecular formula is C12H14BrN3S. The molecule has 1 N–H and O–H groups in total. The number of halogens is 1. The van der Waals surface area contributed by atoms with Crippen molar-refractivity contribution >= 4 is 32.6 Å². The first-order chi connectivity index (χ1) is 8.19. The van der Waals surface area contributed by atoms with Gasteiger partial charge in [0.05, 0.1) is 6.04 Å². The maximum Gasteiger partial charge on any atom is 0.203 e. The topological polar surface area (TPSA) is 37.8 Å². The van der Waals surface area contributed by atoms with Crippen LogP contribution in [-0.2, 0) is 6.42 Å². The Labute approximate surface area is 114 Å². The number of hydrogen-bond donors (Lipinski definition) is 1. The maximum atomic E-state index is 4.40. The molecule has 0 fully saturated rings. The van der Waals surface area contributed by atoms with Crippen LogP contribution in [0.3, 0.4) is 0 Å². The van der Waals surface area contributed by atoms with Gasteiger partial charge in [-0.2, -0.15) is 4.37 Å². The van der Waals surface area contributed by atoms with E-state index in [0.717, 1.165) is 21.8 Å². The van der Waals surface area contributed by atoms with E-state index in [1.54, 1.807) is 0 Å². The predicted molar refractivity (Wildman–Crippen MR) is 75.5 cm³/mol. The van der Waals surface area contributed by atoms with Crippen LogP contribution in [0.2, 0.25) is 0 Å². The van der Waals surface area contributed by atoms with E-state index >= 15 is 0 Å². The van der Waals surface area contributed by atoms with Crippen LogP contribution < -0.4 is 5.32 Å². The third-order valence-electron chi connectivity index (χ3n) is 2.47. The van der Waals surface area contributed by atoms with Gasteiger partial charge in [-0.3, -0.25) is 0 Å². The molecule has 0 aliphatic rings. The van der Waals surface area contributed by atoms with Gasteiger partial charge in [0.2, 0.25) is 5.13 Å². The van der Waals surface area contributed by atoms with Crippen molar-refractivity contribution < 1.29 is 0 Å². The number of rotatable bonds is 4. The molecule has 0 saturated carbocycles. The summed E-state index contributed by atoms with van der Waals surface area (Å²) in [6.07, 6.45) is 0.878. The summed E-state index contributed by atoms with van der Waals surface area (Å²) in [6.45, 7) is 4.18. The van der Waals surface area contributed by atoms with Crippen molar-refractivity contribution in [3.63, 3.8) is 0 Å². The third kappa shape index (κ3) is 3.26. The molecule has 1 heterocycles. The van der Waals surface area contributed by atoms with E-state index in [0.29, 0.717) is 0 Å². The van der Waals surface area contributed by atoms with Crippen LogP contribution in [0.4, 0.5) is 5.13 Å². The Morgan fingerprint density at radius 3 is 2.94 bits per heavy atom. The number of nitrogens with one attached hydrogen (secondary N) is 1. The van der Waals surface area contributed by atoms with Gasteiger partial charge in [-0.15, -0.1) is 0 Å². The van der Waals surface area contributed by atoms with Crippen molar-refractivity contribution in [1.29, 1.82) is 0 Å². The average Bonchev–Trinajstić information content (AvgIpc) is 2.77. The summed E-state index contributed by atoms with van der Waals surface area (Å²) >= 11 is 4.90. The minimum Gasteiger partial charge on any atom is -0.354 e. The fourth-order valence-corrected chi connectivity index (χ4v) is 2.66. The van der Waals surface area contributed by atoms with E-state index in [4.69, 9.17) is 0 Å². The molecule has 1 atom stereocenters. The van der Waals surface area contributed by atoms with Crippen LogP contribution >= 0.6 is 27.5 Å². The quantitative estimate of drug-likeness (QED) is 0.926. The Kier molecular flexibility index (Phi) is 4.12. The molecule has 2 aromatic rings. The SMILES string of the molecule is CCc1nsc(NC(C)c2cccc(Br)c2)n1. The minimum atomic E-state index is 0.227. The summed E-state index contributed by atoms with van der Waals surface area (Å²) in [4.78, 5) is 4.40. The summed E-state index contributed by atoms with van der Waals surface area (Å²) in [6, 6.07) is 8.50. The highest BCUT2D eigenvalue weighted by atomic mass is 79.9. The van der Waals surface area contributed by atoms with Crippen molar-refractivity contribution in [3.05, 3.63) is 40.1 Å². The molecule has 0 saturated heterocycles. The van der Waals surface area contributed by atoms with E-state index in [1.165, 1.54) is 17.1 Å². The first kappa shape index (κ1) is 12.5. The highest BCUT2D eigenvalue weighted by Gasteiger charge is 2.08. The predicted octanol–water partition coefficient (Wildman–Crippen LogP) is 4.04. The number of hydrogen-bond acceptors (Lipinski definition) is 4. The molecule has 0 radical (unpaired) electrons. The Balaban J connectivity index is 2.08. The van der Waals surface area contributed by atoms with E-state index in [1.807, 2.05) is 12.1 Å². The monoisotopic (exact) mass is 311 g/mol. The van der Waals surface area contributed by atoms with Gasteiger partial charge in [-0.1, -0.05) is 35.0 Å². The molecule has 3 nitrogen and oxygen atoms in total. The van der Waals surface area contributed by atoms with Gasteiger partial charge in [0, 0.05) is 22.4 Å². The van der Waals surface area contributed by atoms with Gasteiger partial charge < -0.3 is 5.32 Å². The Morgan fingerprint density at radius 1 is 1.47 bits per heavy atom. The van der Waals surface area contributed by atoms with Gasteiger partial charge in [0.1, 0.15) is 5.82 Å². The van der Waals surface area contributed by atoms with Crippen molar-refractivity contribution in [2.24, 2.45) is 0 Å². The molecular weight excluding hydrogens is 298 g/mol. The molecule has 5 heteroatoms. The van der Waals surface area contributed by atoms with Gasteiger partial charge in [-0.05, 0) is 24.6 Å². The lowest BCUT2D eigenvalue weighted by Gasteiger charge is -2.13. The van der Waals surface area contributed by atoms with Crippen molar-refractivity contribution in [2.45, 2.75) is 26.3 Å². The van der Waals surface area contributed by atoms with E-state index in [2.05, 4.69) is 56.6 Å². The fourth-order valence-electron chi connectivity index (χ4n) is 1.50. The number of nitrogens with zero attached hydrogens (tertiary/aromatic N) is 2. The lowest BCUT2D eigenvalue weighted by atomic mass is 10.1. The van der Waals surface area contributed by atoms with Crippen LogP contribution in [0.25, 0.3) is 0 Å². The lowest BCUT2D eigenvalue weighted by Crippen LogP contribution is -2.06. The average molecular weight is 312 g/mol. The van der Waals surface area contributed by atoms with Crippen LogP contribution in [0.5, 0.6) is 0 Å². The number of anilines is 1. The molecule has 1 unspecified atom stereocenters. The number of aryl methyl sites for hydroxylation is 1. The first-order valence-corrected chi connectivity index (χ1v) is 7.10. The van der Waals surface area contributed by atoms with Crippen LogP contribution in [0.1, 0.15) is 31.3 Å². The second kappa shape index (κ2) is 5.60. The standard InChI is InChI=1S/C12H14BrN3S/c1-3-11-15-12(17-16-11)14-8(2)9-5-4-6-10(13)7-9/h4-8H,3H2,1-2H3,(H,14,15,16). The summed E-state index contributed by atoms with van der Waals surface area (Å²) < 4.78 is 5.35. The summed E-state index contributed by atoms with van der Waals surface area (Å²) in [5, 5.41) is 4.25. The zero-order chi connectivity index (χ0) is 12.3. The number of benzene rings is 1. The molecule has 90 valence electrons. The van der Waals surface area contributed by atoms with Crippen molar-refractivity contribution in [2.75, 3.05) is 5.32 Å². The zero-order valence-electron chi connectivity index (χ0n) is 9.77. The molecule has 1 aromatic carbocycles. The molecule has 1 aromatic heterocycles. The maximum absolute atomic E-state index is 4.40. The first-order valence-electron chi connectivity index (χ1n) is 5.53. The minimum absolute atomic E-state index is 0.227. The largest absolute Gasteiger partial charge is 0.354 e. The Morgan fingerprint density at radius 2 is 2.29 bits per heavy atom. The number of aromatic nitrogens is 2. The molecule has 0 amide bonds. The molecule has 0 aliphatic carbocycles. The lowest BCUT2D eigenvalue weighted by molar-refractivity contribution is 0.875. The highest BCUT2D eigenvalue weighted by Crippen LogP contribution is 2.22. The molecule has 17 heavy (non-hydrogen) atoms. The third-order valence-corrected chi connectivity index (χ3v) is 3.65. The normalized spacial score (nSPS) is 12.4. The van der Waals surface area contributed by atoms with Crippen LogP contribution in [-0.4, -0.2) is 9.36 Å². The van der Waals surface area contributed by atoms with E-state index in [-0.39, 0.29) is 6.04 Å². The van der Waals surface area contributed by atoms with Crippen molar-refractivity contribution in [1.82, 2.24) is 9.36 Å². The Bertz CT molecular complexity index is 498. The van der Waals surface area contributed by atoms with Crippen LogP contribution in [0, 0.1) is 0 Å². The van der Waals surface area contributed by atoms with Gasteiger partial charge in [-0.25, -0.2) is 4.98 Å². The second-order valence-electron chi connectivity index (χ2n) is 3.79. The van der Waals surface area contributed by atoms with E-state index in [9.17, 15) is 0 Å². The smallest absolute Gasteiger partial charge is 0.203 e. The highest BCUT2D eigenvalue weighted by molar-refractivity contribution is 9.10. The van der Waals surface area contributed by atoms with E-state index < -0.39 is 0 Å². The second-order valence-corrected chi connectivity index (χ2v) is 5.46. The van der Waals surface area contributed by atoms with Gasteiger partial charge in [0.25, 0.3) is 0 Å². The molecule has 0 bridgehead atoms. The zero-order valence-corrected chi connectivity index (χ0v) is 12.2. The molecule has 0 aliphatic heterocycles. The molecule has 2 rings (SSSR count). The van der Waals surface area contributed by atoms with Crippen LogP contribution in [0.15, 0.2) is 28.7 Å². The summed E-state index contributed by atoms with van der Waals surface area (Å²) in [7, 11) is 0. The Hall–Kier alpha value is -0.940. The van der Waals surface area contributed by atoms with Crippen molar-refractivity contribution in [3.8, 4) is 0 Å². The van der Waals surface area contributed by atoms with Gasteiger partial charge in [0.15, 0.2) is 0 Å². The molecule has 0 spiro atoms.